The highest BCUT2D eigenvalue weighted by atomic mass is 16.5. The van der Waals surface area contributed by atoms with Crippen molar-refractivity contribution in [1.82, 2.24) is 20.1 Å². The first-order valence-electron chi connectivity index (χ1n) is 6.61. The molecule has 0 fully saturated rings. The second-order valence-corrected chi connectivity index (χ2v) is 5.22. The molecule has 2 aromatic heterocycles. The summed E-state index contributed by atoms with van der Waals surface area (Å²) in [6, 6.07) is 2.07. The molecule has 6 nitrogen and oxygen atoms in total. The number of nitrogens with zero attached hydrogens (tertiary/aromatic N) is 3. The Labute approximate surface area is 118 Å². The number of hydrogen-bond donors (Lipinski definition) is 1. The highest BCUT2D eigenvalue weighted by Gasteiger charge is 2.15. The van der Waals surface area contributed by atoms with Crippen LogP contribution in [0.1, 0.15) is 25.1 Å². The standard InChI is InChI=1S/C14H20N4O2/c1-8(2)15-11(19)7-20-14-12-9(3)6-10(4)16-13(12)18(5)17-14/h6,8H,7H2,1-5H3,(H,15,19). The third kappa shape index (κ3) is 2.89. The summed E-state index contributed by atoms with van der Waals surface area (Å²) in [7, 11) is 1.81. The van der Waals surface area contributed by atoms with E-state index in [4.69, 9.17) is 4.74 Å². The van der Waals surface area contributed by atoms with Crippen LogP contribution < -0.4 is 10.1 Å². The summed E-state index contributed by atoms with van der Waals surface area (Å²) in [5.74, 6) is 0.294. The molecule has 1 amide bonds. The Hall–Kier alpha value is -2.11. The van der Waals surface area contributed by atoms with E-state index in [0.29, 0.717) is 5.88 Å². The third-order valence-corrected chi connectivity index (χ3v) is 2.88. The van der Waals surface area contributed by atoms with Crippen LogP contribution in [0.4, 0.5) is 0 Å². The molecule has 6 heteroatoms. The van der Waals surface area contributed by atoms with Gasteiger partial charge in [0.05, 0.1) is 5.39 Å². The van der Waals surface area contributed by atoms with Gasteiger partial charge >= 0.3 is 0 Å². The van der Waals surface area contributed by atoms with Gasteiger partial charge in [0.2, 0.25) is 5.88 Å². The van der Waals surface area contributed by atoms with Crippen LogP contribution >= 0.6 is 0 Å². The van der Waals surface area contributed by atoms with Crippen molar-refractivity contribution in [2.75, 3.05) is 6.61 Å². The highest BCUT2D eigenvalue weighted by molar-refractivity contribution is 5.85. The number of carbonyl (C=O) groups excluding carboxylic acids is 1. The lowest BCUT2D eigenvalue weighted by Gasteiger charge is -2.08. The molecule has 2 rings (SSSR count). The summed E-state index contributed by atoms with van der Waals surface area (Å²) < 4.78 is 7.21. The van der Waals surface area contributed by atoms with Gasteiger partial charge in [-0.05, 0) is 39.3 Å². The van der Waals surface area contributed by atoms with Gasteiger partial charge in [-0.3, -0.25) is 4.79 Å². The fraction of sp³-hybridized carbons (Fsp3) is 0.500. The molecule has 2 aromatic rings. The minimum atomic E-state index is -0.156. The Balaban J connectivity index is 2.25. The number of carbonyl (C=O) groups is 1. The van der Waals surface area contributed by atoms with Gasteiger partial charge in [0.25, 0.3) is 5.91 Å². The molecular weight excluding hydrogens is 256 g/mol. The summed E-state index contributed by atoms with van der Waals surface area (Å²) in [5, 5.41) is 7.93. The number of ether oxygens (including phenoxy) is 1. The molecular formula is C14H20N4O2. The van der Waals surface area contributed by atoms with Gasteiger partial charge in [-0.2, -0.15) is 0 Å². The Morgan fingerprint density at radius 2 is 2.15 bits per heavy atom. The summed E-state index contributed by atoms with van der Waals surface area (Å²) in [6.45, 7) is 7.70. The lowest BCUT2D eigenvalue weighted by molar-refractivity contribution is -0.123. The molecule has 20 heavy (non-hydrogen) atoms. The molecule has 1 N–H and O–H groups in total. The SMILES string of the molecule is Cc1cc(C)c2c(OCC(=O)NC(C)C)nn(C)c2n1. The fourth-order valence-corrected chi connectivity index (χ4v) is 2.15. The minimum Gasteiger partial charge on any atom is -0.466 e. The first-order valence-corrected chi connectivity index (χ1v) is 6.61. The number of nitrogens with one attached hydrogen (secondary N) is 1. The van der Waals surface area contributed by atoms with E-state index in [1.807, 2.05) is 40.8 Å². The predicted octanol–water partition coefficient (Wildman–Crippen LogP) is 1.49. The highest BCUT2D eigenvalue weighted by Crippen LogP contribution is 2.26. The lowest BCUT2D eigenvalue weighted by Crippen LogP contribution is -2.34. The number of fused-ring (bicyclic) bond motifs is 1. The van der Waals surface area contributed by atoms with Crippen molar-refractivity contribution >= 4 is 16.9 Å². The number of hydrogen-bond acceptors (Lipinski definition) is 4. The second-order valence-electron chi connectivity index (χ2n) is 5.22. The molecule has 0 unspecified atom stereocenters. The van der Waals surface area contributed by atoms with Crippen molar-refractivity contribution in [2.45, 2.75) is 33.7 Å². The van der Waals surface area contributed by atoms with E-state index < -0.39 is 0 Å². The molecule has 0 atom stereocenters. The number of aromatic nitrogens is 3. The van der Waals surface area contributed by atoms with Crippen molar-refractivity contribution in [3.63, 3.8) is 0 Å². The maximum absolute atomic E-state index is 11.6. The van der Waals surface area contributed by atoms with Crippen molar-refractivity contribution in [1.29, 1.82) is 0 Å². The lowest BCUT2D eigenvalue weighted by atomic mass is 10.2. The van der Waals surface area contributed by atoms with Crippen LogP contribution in [0, 0.1) is 13.8 Å². The average molecular weight is 276 g/mol. The van der Waals surface area contributed by atoms with Crippen LogP contribution in [0.25, 0.3) is 11.0 Å². The molecule has 0 saturated heterocycles. The van der Waals surface area contributed by atoms with E-state index in [1.54, 1.807) is 4.68 Å². The van der Waals surface area contributed by atoms with Crippen LogP contribution in [-0.2, 0) is 11.8 Å². The average Bonchev–Trinajstić information content (AvgIpc) is 2.63. The van der Waals surface area contributed by atoms with Gasteiger partial charge in [-0.15, -0.1) is 5.10 Å². The largest absolute Gasteiger partial charge is 0.466 e. The first kappa shape index (κ1) is 14.3. The predicted molar refractivity (Wildman–Crippen MR) is 76.8 cm³/mol. The van der Waals surface area contributed by atoms with E-state index >= 15 is 0 Å². The van der Waals surface area contributed by atoms with Gasteiger partial charge in [0, 0.05) is 18.8 Å². The fourth-order valence-electron chi connectivity index (χ4n) is 2.15. The summed E-state index contributed by atoms with van der Waals surface area (Å²) in [4.78, 5) is 16.1. The zero-order chi connectivity index (χ0) is 14.9. The van der Waals surface area contributed by atoms with Crippen LogP contribution in [0.3, 0.4) is 0 Å². The summed E-state index contributed by atoms with van der Waals surface area (Å²) in [6.07, 6.45) is 0. The maximum Gasteiger partial charge on any atom is 0.258 e. The van der Waals surface area contributed by atoms with E-state index in [-0.39, 0.29) is 18.6 Å². The quantitative estimate of drug-likeness (QED) is 0.918. The Bertz CT molecular complexity index is 646. The molecule has 0 spiro atoms. The molecule has 0 saturated carbocycles. The maximum atomic E-state index is 11.6. The molecule has 0 aliphatic heterocycles. The normalized spacial score (nSPS) is 11.1. The van der Waals surface area contributed by atoms with Crippen LogP contribution in [0.5, 0.6) is 5.88 Å². The number of amides is 1. The Kier molecular flexibility index (Phi) is 3.92. The molecule has 0 aromatic carbocycles. The van der Waals surface area contributed by atoms with Gasteiger partial charge in [0.1, 0.15) is 0 Å². The van der Waals surface area contributed by atoms with E-state index in [1.165, 1.54) is 0 Å². The van der Waals surface area contributed by atoms with E-state index in [0.717, 1.165) is 22.3 Å². The van der Waals surface area contributed by atoms with Gasteiger partial charge in [0.15, 0.2) is 12.3 Å². The summed E-state index contributed by atoms with van der Waals surface area (Å²) >= 11 is 0. The van der Waals surface area contributed by atoms with Crippen molar-refractivity contribution < 1.29 is 9.53 Å². The molecule has 0 aliphatic carbocycles. The molecule has 0 radical (unpaired) electrons. The Morgan fingerprint density at radius 1 is 1.45 bits per heavy atom. The molecule has 0 bridgehead atoms. The third-order valence-electron chi connectivity index (χ3n) is 2.88. The number of rotatable bonds is 4. The minimum absolute atomic E-state index is 0.0440. The molecule has 0 aliphatic rings. The Morgan fingerprint density at radius 3 is 2.80 bits per heavy atom. The second kappa shape index (κ2) is 5.48. The molecule has 108 valence electrons. The summed E-state index contributed by atoms with van der Waals surface area (Å²) in [5.41, 5.74) is 2.74. The van der Waals surface area contributed by atoms with Crippen LogP contribution in [0.2, 0.25) is 0 Å². The van der Waals surface area contributed by atoms with Gasteiger partial charge < -0.3 is 10.1 Å². The monoisotopic (exact) mass is 276 g/mol. The molecule has 2 heterocycles. The van der Waals surface area contributed by atoms with Crippen LogP contribution in [0.15, 0.2) is 6.07 Å². The van der Waals surface area contributed by atoms with Gasteiger partial charge in [-0.25, -0.2) is 9.67 Å². The van der Waals surface area contributed by atoms with Crippen molar-refractivity contribution in [3.05, 3.63) is 17.3 Å². The van der Waals surface area contributed by atoms with Crippen molar-refractivity contribution in [2.24, 2.45) is 7.05 Å². The van der Waals surface area contributed by atoms with Crippen molar-refractivity contribution in [3.8, 4) is 5.88 Å². The van der Waals surface area contributed by atoms with Crippen LogP contribution in [-0.4, -0.2) is 33.3 Å². The number of pyridine rings is 1. The zero-order valence-corrected chi connectivity index (χ0v) is 12.5. The number of aryl methyl sites for hydroxylation is 3. The van der Waals surface area contributed by atoms with E-state index in [9.17, 15) is 4.79 Å². The zero-order valence-electron chi connectivity index (χ0n) is 12.5. The smallest absolute Gasteiger partial charge is 0.258 e. The van der Waals surface area contributed by atoms with E-state index in [2.05, 4.69) is 15.4 Å². The topological polar surface area (TPSA) is 69.0 Å². The van der Waals surface area contributed by atoms with Gasteiger partial charge in [-0.1, -0.05) is 0 Å². The first-order chi connectivity index (χ1) is 9.38.